The number of carbonyl (C=O) groups is 1. The van der Waals surface area contributed by atoms with E-state index in [4.69, 9.17) is 0 Å². The minimum atomic E-state index is 0.293. The van der Waals surface area contributed by atoms with Crippen molar-refractivity contribution in [2.45, 2.75) is 38.8 Å². The Kier molecular flexibility index (Phi) is 3.82. The van der Waals surface area contributed by atoms with Crippen LogP contribution >= 0.6 is 0 Å². The molecule has 0 unspecified atom stereocenters. The zero-order valence-electron chi connectivity index (χ0n) is 11.4. The van der Waals surface area contributed by atoms with Crippen molar-refractivity contribution in [1.29, 1.82) is 0 Å². The summed E-state index contributed by atoms with van der Waals surface area (Å²) in [6.07, 6.45) is 8.72. The van der Waals surface area contributed by atoms with Crippen molar-refractivity contribution in [2.75, 3.05) is 26.2 Å². The van der Waals surface area contributed by atoms with Crippen LogP contribution in [-0.4, -0.2) is 51.4 Å². The van der Waals surface area contributed by atoms with Crippen LogP contribution in [0.1, 0.15) is 31.5 Å². The van der Waals surface area contributed by atoms with E-state index in [1.807, 2.05) is 17.3 Å². The highest BCUT2D eigenvalue weighted by Crippen LogP contribution is 2.13. The highest BCUT2D eigenvalue weighted by molar-refractivity contribution is 5.78. The Balaban J connectivity index is 1.55. The molecule has 0 aliphatic carbocycles. The lowest BCUT2D eigenvalue weighted by Crippen LogP contribution is -2.43. The number of aromatic nitrogens is 2. The van der Waals surface area contributed by atoms with Gasteiger partial charge >= 0.3 is 0 Å². The summed E-state index contributed by atoms with van der Waals surface area (Å²) in [6.45, 7) is 5.13. The zero-order valence-corrected chi connectivity index (χ0v) is 11.4. The molecule has 104 valence electrons. The van der Waals surface area contributed by atoms with Crippen molar-refractivity contribution in [1.82, 2.24) is 19.4 Å². The Morgan fingerprint density at radius 1 is 1.11 bits per heavy atom. The average Bonchev–Trinajstić information content (AvgIpc) is 2.71. The maximum absolute atomic E-state index is 12.3. The molecule has 19 heavy (non-hydrogen) atoms. The summed E-state index contributed by atoms with van der Waals surface area (Å²) in [6, 6.07) is 0. The van der Waals surface area contributed by atoms with Crippen LogP contribution in [0.5, 0.6) is 0 Å². The first kappa shape index (κ1) is 12.7. The van der Waals surface area contributed by atoms with Gasteiger partial charge in [0.25, 0.3) is 0 Å². The second-order valence-electron chi connectivity index (χ2n) is 5.54. The fourth-order valence-electron chi connectivity index (χ4n) is 2.97. The minimum absolute atomic E-state index is 0.293. The molecule has 2 aliphatic heterocycles. The monoisotopic (exact) mass is 262 g/mol. The van der Waals surface area contributed by atoms with Gasteiger partial charge in [0.05, 0.1) is 13.1 Å². The summed E-state index contributed by atoms with van der Waals surface area (Å²) < 4.78 is 2.17. The minimum Gasteiger partial charge on any atom is -0.342 e. The molecule has 2 aliphatic rings. The molecule has 3 heterocycles. The summed E-state index contributed by atoms with van der Waals surface area (Å²) >= 11 is 0. The van der Waals surface area contributed by atoms with E-state index in [1.165, 1.54) is 12.8 Å². The molecule has 1 amide bonds. The molecule has 1 aromatic rings. The quantitative estimate of drug-likeness (QED) is 0.801. The van der Waals surface area contributed by atoms with Crippen LogP contribution in [0.3, 0.4) is 0 Å². The van der Waals surface area contributed by atoms with E-state index in [-0.39, 0.29) is 0 Å². The number of hydrogen-bond acceptors (Lipinski definition) is 3. The molecule has 0 spiro atoms. The van der Waals surface area contributed by atoms with Crippen LogP contribution in [0.4, 0.5) is 0 Å². The molecule has 0 bridgehead atoms. The predicted octanol–water partition coefficient (Wildman–Crippen LogP) is 1.10. The normalized spacial score (nSPS) is 20.9. The van der Waals surface area contributed by atoms with Crippen LogP contribution in [0, 0.1) is 0 Å². The summed E-state index contributed by atoms with van der Waals surface area (Å²) in [5.41, 5.74) is 0. The Hall–Kier alpha value is -1.36. The molecule has 0 aromatic carbocycles. The summed E-state index contributed by atoms with van der Waals surface area (Å²) in [5, 5.41) is 0. The number of imidazole rings is 1. The number of nitrogens with zero attached hydrogens (tertiary/aromatic N) is 4. The summed E-state index contributed by atoms with van der Waals surface area (Å²) in [4.78, 5) is 20.9. The maximum Gasteiger partial charge on any atom is 0.236 e. The van der Waals surface area contributed by atoms with E-state index < -0.39 is 0 Å². The number of rotatable bonds is 2. The van der Waals surface area contributed by atoms with Gasteiger partial charge in [-0.15, -0.1) is 0 Å². The lowest BCUT2D eigenvalue weighted by molar-refractivity contribution is -0.132. The first-order chi connectivity index (χ1) is 9.33. The third kappa shape index (κ3) is 2.97. The Morgan fingerprint density at radius 3 is 2.68 bits per heavy atom. The highest BCUT2D eigenvalue weighted by atomic mass is 16.2. The van der Waals surface area contributed by atoms with Gasteiger partial charge in [-0.3, -0.25) is 9.69 Å². The number of carbonyl (C=O) groups excluding carboxylic acids is 1. The smallest absolute Gasteiger partial charge is 0.236 e. The highest BCUT2D eigenvalue weighted by Gasteiger charge is 2.22. The molecular formula is C14H22N4O. The van der Waals surface area contributed by atoms with Gasteiger partial charge in [-0.2, -0.15) is 0 Å². The number of amides is 1. The largest absolute Gasteiger partial charge is 0.342 e. The van der Waals surface area contributed by atoms with Crippen molar-refractivity contribution in [2.24, 2.45) is 0 Å². The van der Waals surface area contributed by atoms with Crippen LogP contribution < -0.4 is 0 Å². The van der Waals surface area contributed by atoms with Gasteiger partial charge in [0.2, 0.25) is 5.91 Å². The molecule has 0 atom stereocenters. The van der Waals surface area contributed by atoms with E-state index in [2.05, 4.69) is 14.5 Å². The standard InChI is InChI=1S/C14H22N4O/c19-14(18-6-3-1-2-4-7-18)12-16-9-10-17-8-5-15-13(17)11-16/h5,8H,1-4,6-7,9-12H2. The van der Waals surface area contributed by atoms with Crippen molar-refractivity contribution in [3.63, 3.8) is 0 Å². The van der Waals surface area contributed by atoms with Crippen LogP contribution in [0.25, 0.3) is 0 Å². The van der Waals surface area contributed by atoms with E-state index in [0.29, 0.717) is 12.5 Å². The molecule has 5 heteroatoms. The number of hydrogen-bond donors (Lipinski definition) is 0. The molecule has 0 radical (unpaired) electrons. The molecule has 3 rings (SSSR count). The first-order valence-electron chi connectivity index (χ1n) is 7.33. The summed E-state index contributed by atoms with van der Waals surface area (Å²) in [5.74, 6) is 1.37. The topological polar surface area (TPSA) is 41.4 Å². The molecule has 5 nitrogen and oxygen atoms in total. The molecule has 1 saturated heterocycles. The first-order valence-corrected chi connectivity index (χ1v) is 7.33. The maximum atomic E-state index is 12.3. The lowest BCUT2D eigenvalue weighted by atomic mass is 10.2. The van der Waals surface area contributed by atoms with Gasteiger partial charge in [0.1, 0.15) is 5.82 Å². The van der Waals surface area contributed by atoms with Crippen LogP contribution in [0.15, 0.2) is 12.4 Å². The van der Waals surface area contributed by atoms with Crippen LogP contribution in [-0.2, 0) is 17.9 Å². The molecule has 1 fully saturated rings. The van der Waals surface area contributed by atoms with Crippen molar-refractivity contribution in [3.05, 3.63) is 18.2 Å². The average molecular weight is 262 g/mol. The van der Waals surface area contributed by atoms with Gasteiger partial charge in [-0.25, -0.2) is 4.98 Å². The third-order valence-corrected chi connectivity index (χ3v) is 4.14. The second-order valence-corrected chi connectivity index (χ2v) is 5.54. The van der Waals surface area contributed by atoms with E-state index in [9.17, 15) is 4.79 Å². The molecule has 0 saturated carbocycles. The SMILES string of the molecule is O=C(CN1CCn2ccnc2C1)N1CCCCCC1. The summed E-state index contributed by atoms with van der Waals surface area (Å²) in [7, 11) is 0. The van der Waals surface area contributed by atoms with Crippen molar-refractivity contribution in [3.8, 4) is 0 Å². The molecular weight excluding hydrogens is 240 g/mol. The van der Waals surface area contributed by atoms with E-state index in [1.54, 1.807) is 0 Å². The van der Waals surface area contributed by atoms with Gasteiger partial charge in [0.15, 0.2) is 0 Å². The van der Waals surface area contributed by atoms with E-state index in [0.717, 1.165) is 51.4 Å². The van der Waals surface area contributed by atoms with Gasteiger partial charge in [-0.05, 0) is 12.8 Å². The zero-order chi connectivity index (χ0) is 13.1. The Bertz CT molecular complexity index is 434. The number of fused-ring (bicyclic) bond motifs is 1. The predicted molar refractivity (Wildman–Crippen MR) is 72.6 cm³/mol. The lowest BCUT2D eigenvalue weighted by Gasteiger charge is -2.29. The molecule has 1 aromatic heterocycles. The second kappa shape index (κ2) is 5.74. The third-order valence-electron chi connectivity index (χ3n) is 4.14. The number of likely N-dealkylation sites (tertiary alicyclic amines) is 1. The van der Waals surface area contributed by atoms with E-state index >= 15 is 0 Å². The van der Waals surface area contributed by atoms with Gasteiger partial charge in [0, 0.05) is 38.6 Å². The van der Waals surface area contributed by atoms with Gasteiger partial charge in [-0.1, -0.05) is 12.8 Å². The Labute approximate surface area is 114 Å². The van der Waals surface area contributed by atoms with Crippen LogP contribution in [0.2, 0.25) is 0 Å². The Morgan fingerprint density at radius 2 is 1.89 bits per heavy atom. The van der Waals surface area contributed by atoms with Gasteiger partial charge < -0.3 is 9.47 Å². The molecule has 0 N–H and O–H groups in total. The fourth-order valence-corrected chi connectivity index (χ4v) is 2.97. The fraction of sp³-hybridized carbons (Fsp3) is 0.714. The van der Waals surface area contributed by atoms with Crippen molar-refractivity contribution >= 4 is 5.91 Å². The van der Waals surface area contributed by atoms with Crippen molar-refractivity contribution < 1.29 is 4.79 Å².